The van der Waals surface area contributed by atoms with Gasteiger partial charge in [-0.2, -0.15) is 0 Å². The Morgan fingerprint density at radius 3 is 2.83 bits per heavy atom. The zero-order chi connectivity index (χ0) is 20.6. The second kappa shape index (κ2) is 7.66. The molecule has 3 heterocycles. The molecule has 152 valence electrons. The number of thiazole rings is 1. The number of imidazole rings is 1. The maximum Gasteiger partial charge on any atom is 0.223 e. The molecule has 0 saturated heterocycles. The summed E-state index contributed by atoms with van der Waals surface area (Å²) in [5.74, 6) is 0.0506. The molecule has 2 atom stereocenters. The molecule has 9 heteroatoms. The second-order valence-electron chi connectivity index (χ2n) is 7.42. The Hall–Kier alpha value is -2.62. The number of anilines is 1. The van der Waals surface area contributed by atoms with Gasteiger partial charge < -0.3 is 15.5 Å². The Kier molecular flexibility index (Phi) is 5.20. The van der Waals surface area contributed by atoms with E-state index < -0.39 is 11.7 Å². The predicted molar refractivity (Wildman–Crippen MR) is 111 cm³/mol. The number of aliphatic hydroxyl groups excluding tert-OH is 2. The van der Waals surface area contributed by atoms with Crippen molar-refractivity contribution in [1.82, 2.24) is 19.4 Å². The fourth-order valence-corrected chi connectivity index (χ4v) is 3.85. The van der Waals surface area contributed by atoms with Crippen LogP contribution in [0.25, 0.3) is 21.9 Å². The van der Waals surface area contributed by atoms with Gasteiger partial charge in [-0.1, -0.05) is 19.1 Å². The molecule has 0 fully saturated rings. The molecule has 1 aliphatic carbocycles. The molecule has 0 spiro atoms. The summed E-state index contributed by atoms with van der Waals surface area (Å²) >= 11 is 1.51. The first-order valence-electron chi connectivity index (χ1n) is 9.27. The number of hydrogen-bond acceptors (Lipinski definition) is 7. The number of allylic oxidation sites excluding steroid dienone is 4. The van der Waals surface area contributed by atoms with Crippen molar-refractivity contribution in [3.05, 3.63) is 47.8 Å². The number of fused-ring (bicyclic) bond motifs is 1. The highest BCUT2D eigenvalue weighted by molar-refractivity contribution is 7.15. The monoisotopic (exact) mass is 415 g/mol. The van der Waals surface area contributed by atoms with E-state index in [9.17, 15) is 14.6 Å². The topological polar surface area (TPSA) is 95.6 Å². The number of alkyl halides is 1. The number of rotatable bonds is 6. The first kappa shape index (κ1) is 19.7. The van der Waals surface area contributed by atoms with Gasteiger partial charge in [0.1, 0.15) is 11.9 Å². The molecular weight excluding hydrogens is 393 g/mol. The van der Waals surface area contributed by atoms with E-state index in [2.05, 4.69) is 15.3 Å². The molecule has 1 unspecified atom stereocenters. The minimum absolute atomic E-state index is 0.236. The quantitative estimate of drug-likeness (QED) is 0.573. The fourth-order valence-electron chi connectivity index (χ4n) is 3.14. The third-order valence-corrected chi connectivity index (χ3v) is 5.71. The van der Waals surface area contributed by atoms with E-state index in [-0.39, 0.29) is 25.1 Å². The zero-order valence-corrected chi connectivity index (χ0v) is 16.9. The summed E-state index contributed by atoms with van der Waals surface area (Å²) in [4.78, 5) is 14.4. The molecule has 4 rings (SSSR count). The molecule has 0 aromatic carbocycles. The largest absolute Gasteiger partial charge is 0.394 e. The predicted octanol–water partition coefficient (Wildman–Crippen LogP) is 2.94. The van der Waals surface area contributed by atoms with Gasteiger partial charge in [-0.25, -0.2) is 19.3 Å². The summed E-state index contributed by atoms with van der Waals surface area (Å²) in [6, 6.07) is 1.78. The molecule has 0 amide bonds. The fraction of sp³-hybridized carbons (Fsp3) is 0.350. The lowest BCUT2D eigenvalue weighted by molar-refractivity contribution is 0.147. The highest BCUT2D eigenvalue weighted by atomic mass is 32.1. The lowest BCUT2D eigenvalue weighted by Gasteiger charge is -2.26. The van der Waals surface area contributed by atoms with E-state index in [0.29, 0.717) is 5.69 Å². The van der Waals surface area contributed by atoms with Crippen molar-refractivity contribution in [3.8, 4) is 11.4 Å². The van der Waals surface area contributed by atoms with Crippen LogP contribution in [-0.4, -0.2) is 54.5 Å². The van der Waals surface area contributed by atoms with Crippen LogP contribution in [-0.2, 0) is 0 Å². The average Bonchev–Trinajstić information content (AvgIpc) is 3.31. The van der Waals surface area contributed by atoms with E-state index in [1.54, 1.807) is 31.3 Å². The van der Waals surface area contributed by atoms with Gasteiger partial charge in [-0.15, -0.1) is 11.3 Å². The van der Waals surface area contributed by atoms with Crippen LogP contribution in [0.5, 0.6) is 0 Å². The molecule has 3 aromatic rings. The van der Waals surface area contributed by atoms with Crippen LogP contribution in [0.1, 0.15) is 19.5 Å². The van der Waals surface area contributed by atoms with E-state index in [0.717, 1.165) is 21.9 Å². The number of hydrogen-bond donors (Lipinski definition) is 3. The normalized spacial score (nSPS) is 19.6. The van der Waals surface area contributed by atoms with Crippen molar-refractivity contribution >= 4 is 27.8 Å². The third kappa shape index (κ3) is 3.68. The Labute approximate surface area is 171 Å². The van der Waals surface area contributed by atoms with Crippen LogP contribution in [0.2, 0.25) is 0 Å². The lowest BCUT2D eigenvalue weighted by atomic mass is 9.93. The van der Waals surface area contributed by atoms with Gasteiger partial charge in [-0.3, -0.25) is 4.40 Å². The minimum atomic E-state index is -1.00. The van der Waals surface area contributed by atoms with Crippen molar-refractivity contribution in [2.24, 2.45) is 5.92 Å². The zero-order valence-electron chi connectivity index (χ0n) is 16.1. The Bertz CT molecular complexity index is 1090. The molecule has 7 nitrogen and oxygen atoms in total. The van der Waals surface area contributed by atoms with Crippen molar-refractivity contribution < 1.29 is 14.6 Å². The van der Waals surface area contributed by atoms with Gasteiger partial charge >= 0.3 is 0 Å². The van der Waals surface area contributed by atoms with Gasteiger partial charge in [-0.05, 0) is 24.6 Å². The summed E-state index contributed by atoms with van der Waals surface area (Å²) in [5.41, 5.74) is 2.04. The van der Waals surface area contributed by atoms with Crippen molar-refractivity contribution in [2.45, 2.75) is 25.6 Å². The maximum absolute atomic E-state index is 13.9. The molecule has 3 aromatic heterocycles. The highest BCUT2D eigenvalue weighted by Crippen LogP contribution is 2.34. The summed E-state index contributed by atoms with van der Waals surface area (Å²) in [6.07, 6.45) is 7.72. The molecule has 0 bridgehead atoms. The first-order valence-corrected chi connectivity index (χ1v) is 10.2. The van der Waals surface area contributed by atoms with Crippen molar-refractivity contribution in [3.63, 3.8) is 0 Å². The molecule has 1 aliphatic rings. The Balaban J connectivity index is 1.81. The SMILES string of the molecule is C[C@@H]1C=C(c2nc3sccn3c2-c2ccnc(NC(C)(CO)CO)n2)C=CC1F. The second-order valence-corrected chi connectivity index (χ2v) is 8.29. The Morgan fingerprint density at radius 1 is 1.31 bits per heavy atom. The van der Waals surface area contributed by atoms with Gasteiger partial charge in [0.15, 0.2) is 4.96 Å². The molecule has 0 aliphatic heterocycles. The summed E-state index contributed by atoms with van der Waals surface area (Å²) in [6.45, 7) is 2.97. The first-order chi connectivity index (χ1) is 13.9. The van der Waals surface area contributed by atoms with Crippen LogP contribution < -0.4 is 5.32 Å². The van der Waals surface area contributed by atoms with Crippen molar-refractivity contribution in [1.29, 1.82) is 0 Å². The van der Waals surface area contributed by atoms with Crippen LogP contribution in [0.4, 0.5) is 10.3 Å². The number of aliphatic hydroxyl groups is 2. The van der Waals surface area contributed by atoms with Crippen LogP contribution in [0.3, 0.4) is 0 Å². The summed E-state index contributed by atoms with van der Waals surface area (Å²) in [5, 5.41) is 24.0. The third-order valence-electron chi connectivity index (χ3n) is 4.95. The average molecular weight is 415 g/mol. The number of nitrogens with zero attached hydrogens (tertiary/aromatic N) is 4. The van der Waals surface area contributed by atoms with E-state index in [4.69, 9.17) is 4.98 Å². The Morgan fingerprint density at radius 2 is 2.10 bits per heavy atom. The van der Waals surface area contributed by atoms with Gasteiger partial charge in [0, 0.05) is 23.7 Å². The minimum Gasteiger partial charge on any atom is -0.394 e. The number of nitrogens with one attached hydrogen (secondary N) is 1. The maximum atomic E-state index is 13.9. The highest BCUT2D eigenvalue weighted by Gasteiger charge is 2.25. The summed E-state index contributed by atoms with van der Waals surface area (Å²) in [7, 11) is 0. The molecule has 0 saturated carbocycles. The molecule has 3 N–H and O–H groups in total. The molecule has 29 heavy (non-hydrogen) atoms. The molecule has 0 radical (unpaired) electrons. The standard InChI is InChI=1S/C20H22FN5O2S/c1-12-9-13(3-4-14(12)21)16-17(26-7-8-29-19(26)24-16)15-5-6-22-18(23-15)25-20(2,10-27)11-28/h3-9,12,14,27-28H,10-11H2,1-2H3,(H,22,23,25)/t12-,14?/m1/s1. The van der Waals surface area contributed by atoms with Crippen molar-refractivity contribution in [2.75, 3.05) is 18.5 Å². The van der Waals surface area contributed by atoms with Crippen LogP contribution in [0, 0.1) is 5.92 Å². The summed E-state index contributed by atoms with van der Waals surface area (Å²) < 4.78 is 15.8. The van der Waals surface area contributed by atoms with Gasteiger partial charge in [0.2, 0.25) is 5.95 Å². The number of aromatic nitrogens is 4. The van der Waals surface area contributed by atoms with Gasteiger partial charge in [0.05, 0.1) is 30.1 Å². The van der Waals surface area contributed by atoms with Gasteiger partial charge in [0.25, 0.3) is 0 Å². The van der Waals surface area contributed by atoms with E-state index in [1.807, 2.05) is 29.0 Å². The lowest BCUT2D eigenvalue weighted by Crippen LogP contribution is -2.43. The molecular formula is C20H22FN5O2S. The number of halogens is 1. The van der Waals surface area contributed by atoms with E-state index in [1.165, 1.54) is 11.3 Å². The van der Waals surface area contributed by atoms with Crippen LogP contribution >= 0.6 is 11.3 Å². The van der Waals surface area contributed by atoms with Crippen LogP contribution in [0.15, 0.2) is 42.1 Å². The smallest absolute Gasteiger partial charge is 0.223 e. The van der Waals surface area contributed by atoms with E-state index >= 15 is 0 Å².